The highest BCUT2D eigenvalue weighted by molar-refractivity contribution is 6.30. The van der Waals surface area contributed by atoms with Crippen LogP contribution in [0.3, 0.4) is 0 Å². The first-order valence-electron chi connectivity index (χ1n) is 9.16. The zero-order chi connectivity index (χ0) is 21.7. The fourth-order valence-electron chi connectivity index (χ4n) is 2.89. The first kappa shape index (κ1) is 21.2. The number of aryl methyl sites for hydroxylation is 2. The van der Waals surface area contributed by atoms with Crippen molar-refractivity contribution < 1.29 is 14.3 Å². The number of anilines is 1. The van der Waals surface area contributed by atoms with E-state index in [9.17, 15) is 9.59 Å². The molecule has 30 heavy (non-hydrogen) atoms. The monoisotopic (exact) mass is 426 g/mol. The average molecular weight is 427 g/mol. The van der Waals surface area contributed by atoms with Gasteiger partial charge in [0.1, 0.15) is 6.42 Å². The fraction of sp³-hybridized carbons (Fsp3) is 0.300. The van der Waals surface area contributed by atoms with Crippen LogP contribution in [0, 0.1) is 25.2 Å². The van der Waals surface area contributed by atoms with Crippen molar-refractivity contribution in [1.29, 1.82) is 5.26 Å². The van der Waals surface area contributed by atoms with Gasteiger partial charge in [-0.2, -0.15) is 10.2 Å². The number of halogens is 1. The van der Waals surface area contributed by atoms with Gasteiger partial charge in [0.2, 0.25) is 0 Å². The Morgan fingerprint density at radius 3 is 2.80 bits per heavy atom. The molecule has 0 aliphatic heterocycles. The van der Waals surface area contributed by atoms with Crippen molar-refractivity contribution in [1.82, 2.24) is 19.6 Å². The predicted octanol–water partition coefficient (Wildman–Crippen LogP) is 2.43. The minimum Gasteiger partial charge on any atom is -0.455 e. The third-order valence-electron chi connectivity index (χ3n) is 4.19. The van der Waals surface area contributed by atoms with E-state index in [2.05, 4.69) is 15.1 Å². The van der Waals surface area contributed by atoms with Crippen LogP contribution in [0.4, 0.5) is 5.69 Å². The first-order valence-corrected chi connectivity index (χ1v) is 9.53. The molecule has 3 aromatic rings. The Kier molecular flexibility index (Phi) is 6.59. The Bertz CT molecular complexity index is 1140. The molecule has 1 aromatic carbocycles. The zero-order valence-electron chi connectivity index (χ0n) is 16.5. The molecule has 1 amide bonds. The van der Waals surface area contributed by atoms with Gasteiger partial charge in [0.25, 0.3) is 11.7 Å². The lowest BCUT2D eigenvalue weighted by Crippen LogP contribution is -2.35. The van der Waals surface area contributed by atoms with Crippen LogP contribution in [-0.4, -0.2) is 44.6 Å². The number of aromatic nitrogens is 4. The molecule has 0 fully saturated rings. The lowest BCUT2D eigenvalue weighted by atomic mass is 10.2. The van der Waals surface area contributed by atoms with E-state index < -0.39 is 18.5 Å². The molecular weight excluding hydrogens is 408 g/mol. The van der Waals surface area contributed by atoms with Gasteiger partial charge in [0.15, 0.2) is 12.4 Å². The molecule has 10 heteroatoms. The summed E-state index contributed by atoms with van der Waals surface area (Å²) in [5.74, 6) is -0.447. The molecule has 9 nitrogen and oxygen atoms in total. The molecule has 2 aromatic heterocycles. The van der Waals surface area contributed by atoms with Crippen molar-refractivity contribution >= 4 is 34.9 Å². The van der Waals surface area contributed by atoms with E-state index in [0.717, 1.165) is 11.4 Å². The second kappa shape index (κ2) is 9.33. The molecule has 2 heterocycles. The fourth-order valence-corrected chi connectivity index (χ4v) is 3.07. The molecule has 0 saturated carbocycles. The second-order valence-electron chi connectivity index (χ2n) is 6.55. The van der Waals surface area contributed by atoms with E-state index in [0.29, 0.717) is 16.5 Å². The van der Waals surface area contributed by atoms with Crippen molar-refractivity contribution in [3.63, 3.8) is 0 Å². The number of nitrogens with zero attached hydrogens (tertiary/aromatic N) is 6. The van der Waals surface area contributed by atoms with Gasteiger partial charge in [0.05, 0.1) is 12.5 Å². The van der Waals surface area contributed by atoms with Gasteiger partial charge in [-0.15, -0.1) is 5.10 Å². The highest BCUT2D eigenvalue weighted by Gasteiger charge is 2.19. The predicted molar refractivity (Wildman–Crippen MR) is 109 cm³/mol. The Morgan fingerprint density at radius 2 is 2.07 bits per heavy atom. The Labute approximate surface area is 177 Å². The second-order valence-corrected chi connectivity index (χ2v) is 6.99. The Morgan fingerprint density at radius 1 is 1.27 bits per heavy atom. The number of carbonyl (C=O) groups is 2. The van der Waals surface area contributed by atoms with Crippen LogP contribution in [0.2, 0.25) is 5.02 Å². The van der Waals surface area contributed by atoms with Gasteiger partial charge in [-0.05, 0) is 38.1 Å². The third-order valence-corrected chi connectivity index (χ3v) is 4.42. The number of nitriles is 1. The normalized spacial score (nSPS) is 10.6. The van der Waals surface area contributed by atoms with Crippen LogP contribution in [0.5, 0.6) is 0 Å². The van der Waals surface area contributed by atoms with Crippen molar-refractivity contribution in [2.24, 2.45) is 0 Å². The maximum Gasteiger partial charge on any atom is 0.314 e. The summed E-state index contributed by atoms with van der Waals surface area (Å²) in [6.45, 7) is 3.40. The van der Waals surface area contributed by atoms with Gasteiger partial charge >= 0.3 is 5.97 Å². The molecular formula is C20H19ClN6O3. The van der Waals surface area contributed by atoms with Crippen molar-refractivity contribution in [2.45, 2.75) is 26.7 Å². The van der Waals surface area contributed by atoms with Crippen molar-refractivity contribution in [2.75, 3.05) is 18.1 Å². The topological polar surface area (TPSA) is 113 Å². The minimum absolute atomic E-state index is 0.128. The molecule has 0 unspecified atom stereocenters. The standard InChI is InChI=1S/C20H19ClN6O3/c1-13-9-14(2)27-20(23-13)24-17(25-27)11-19(29)30-12-18(28)26(8-4-7-22)16-6-3-5-15(21)10-16/h3,5-6,9-10H,4,8,11-12H2,1-2H3. The lowest BCUT2D eigenvalue weighted by Gasteiger charge is -2.21. The van der Waals surface area contributed by atoms with Gasteiger partial charge in [0, 0.05) is 28.6 Å². The van der Waals surface area contributed by atoms with Gasteiger partial charge < -0.3 is 9.64 Å². The maximum atomic E-state index is 12.6. The lowest BCUT2D eigenvalue weighted by molar-refractivity contribution is -0.147. The molecule has 0 radical (unpaired) electrons. The number of hydrogen-bond acceptors (Lipinski definition) is 7. The molecule has 0 aliphatic carbocycles. The number of esters is 1. The summed E-state index contributed by atoms with van der Waals surface area (Å²) >= 11 is 5.99. The Balaban J connectivity index is 1.64. The van der Waals surface area contributed by atoms with Gasteiger partial charge in [-0.3, -0.25) is 9.59 Å². The molecule has 0 saturated heterocycles. The SMILES string of the molecule is Cc1cc(C)n2nc(CC(=O)OCC(=O)N(CCC#N)c3cccc(Cl)c3)nc2n1. The van der Waals surface area contributed by atoms with Crippen molar-refractivity contribution in [3.8, 4) is 6.07 Å². The van der Waals surface area contributed by atoms with Crippen molar-refractivity contribution in [3.05, 3.63) is 52.6 Å². The minimum atomic E-state index is -0.639. The number of amides is 1. The van der Waals surface area contributed by atoms with E-state index in [4.69, 9.17) is 21.6 Å². The van der Waals surface area contributed by atoms with Gasteiger partial charge in [-0.1, -0.05) is 17.7 Å². The average Bonchev–Trinajstić information content (AvgIpc) is 3.09. The highest BCUT2D eigenvalue weighted by Crippen LogP contribution is 2.20. The van der Waals surface area contributed by atoms with Crippen LogP contribution >= 0.6 is 11.6 Å². The molecule has 0 atom stereocenters. The van der Waals surface area contributed by atoms with Crippen LogP contribution in [0.25, 0.3) is 5.78 Å². The summed E-state index contributed by atoms with van der Waals surface area (Å²) in [7, 11) is 0. The molecule has 3 rings (SSSR count). The number of rotatable bonds is 7. The number of carbonyl (C=O) groups excluding carboxylic acids is 2. The number of benzene rings is 1. The largest absolute Gasteiger partial charge is 0.455 e. The number of fused-ring (bicyclic) bond motifs is 1. The molecule has 0 aliphatic rings. The summed E-state index contributed by atoms with van der Waals surface area (Å²) in [4.78, 5) is 34.6. The van der Waals surface area contributed by atoms with E-state index in [1.807, 2.05) is 26.0 Å². The summed E-state index contributed by atoms with van der Waals surface area (Å²) < 4.78 is 6.66. The van der Waals surface area contributed by atoms with Crippen LogP contribution < -0.4 is 4.90 Å². The summed E-state index contributed by atoms with van der Waals surface area (Å²) in [5.41, 5.74) is 2.16. The maximum absolute atomic E-state index is 12.6. The Hall–Kier alpha value is -3.51. The van der Waals surface area contributed by atoms with Crippen LogP contribution in [-0.2, 0) is 20.7 Å². The third kappa shape index (κ3) is 5.10. The molecule has 0 spiro atoms. The molecule has 154 valence electrons. The smallest absolute Gasteiger partial charge is 0.314 e. The van der Waals surface area contributed by atoms with Gasteiger partial charge in [-0.25, -0.2) is 9.50 Å². The van der Waals surface area contributed by atoms with Crippen LogP contribution in [0.15, 0.2) is 30.3 Å². The first-order chi connectivity index (χ1) is 14.4. The van der Waals surface area contributed by atoms with E-state index in [1.54, 1.807) is 28.8 Å². The van der Waals surface area contributed by atoms with E-state index >= 15 is 0 Å². The summed E-state index contributed by atoms with van der Waals surface area (Å²) in [5, 5.41) is 13.6. The summed E-state index contributed by atoms with van der Waals surface area (Å²) in [6.07, 6.45) is -0.0619. The zero-order valence-corrected chi connectivity index (χ0v) is 17.3. The van der Waals surface area contributed by atoms with E-state index in [-0.39, 0.29) is 25.2 Å². The number of hydrogen-bond donors (Lipinski definition) is 0. The van der Waals surface area contributed by atoms with E-state index in [1.165, 1.54) is 4.90 Å². The molecule has 0 N–H and O–H groups in total. The number of ether oxygens (including phenoxy) is 1. The molecule has 0 bridgehead atoms. The highest BCUT2D eigenvalue weighted by atomic mass is 35.5. The van der Waals surface area contributed by atoms with Crippen LogP contribution in [0.1, 0.15) is 23.6 Å². The quantitative estimate of drug-likeness (QED) is 0.533. The summed E-state index contributed by atoms with van der Waals surface area (Å²) in [6, 6.07) is 10.5.